The molecular formula is C23H21NO3S. The Labute approximate surface area is 165 Å². The molecular weight excluding hydrogens is 370 g/mol. The Morgan fingerprint density at radius 1 is 0.821 bits per heavy atom. The number of rotatable bonds is 7. The van der Waals surface area contributed by atoms with Crippen LogP contribution in [-0.4, -0.2) is 20.9 Å². The molecule has 0 unspecified atom stereocenters. The average molecular weight is 391 g/mol. The second-order valence-corrected chi connectivity index (χ2v) is 8.38. The van der Waals surface area contributed by atoms with Crippen molar-refractivity contribution in [3.63, 3.8) is 0 Å². The van der Waals surface area contributed by atoms with Crippen LogP contribution in [0, 0.1) is 0 Å². The molecule has 0 radical (unpaired) electrons. The number of nitrogens with one attached hydrogen (secondary N) is 1. The fourth-order valence-corrected chi connectivity index (χ4v) is 4.52. The summed E-state index contributed by atoms with van der Waals surface area (Å²) in [6.07, 6.45) is 3.10. The third kappa shape index (κ3) is 4.96. The van der Waals surface area contributed by atoms with Crippen molar-refractivity contribution < 1.29 is 13.2 Å². The highest BCUT2D eigenvalue weighted by atomic mass is 32.2. The molecule has 0 aliphatic carbocycles. The molecule has 0 heterocycles. The molecule has 142 valence electrons. The smallest absolute Gasteiger partial charge is 0.244 e. The predicted molar refractivity (Wildman–Crippen MR) is 111 cm³/mol. The molecule has 0 bridgehead atoms. The van der Waals surface area contributed by atoms with Crippen LogP contribution >= 0.6 is 0 Å². The summed E-state index contributed by atoms with van der Waals surface area (Å²) in [7, 11) is -3.66. The first kappa shape index (κ1) is 19.6. The van der Waals surface area contributed by atoms with Gasteiger partial charge in [0.05, 0.1) is 4.90 Å². The van der Waals surface area contributed by atoms with Gasteiger partial charge in [-0.25, -0.2) is 8.42 Å². The minimum Gasteiger partial charge on any atom is -0.351 e. The normalized spacial score (nSPS) is 12.6. The summed E-state index contributed by atoms with van der Waals surface area (Å²) < 4.78 is 26.3. The van der Waals surface area contributed by atoms with Crippen molar-refractivity contribution in [3.8, 4) is 0 Å². The van der Waals surface area contributed by atoms with Crippen LogP contribution in [0.25, 0.3) is 6.08 Å². The van der Waals surface area contributed by atoms with Gasteiger partial charge in [-0.15, -0.1) is 0 Å². The van der Waals surface area contributed by atoms with E-state index in [9.17, 15) is 13.2 Å². The lowest BCUT2D eigenvalue weighted by molar-refractivity contribution is -0.116. The molecule has 4 nitrogen and oxygen atoms in total. The molecule has 0 fully saturated rings. The Balaban J connectivity index is 1.79. The van der Waals surface area contributed by atoms with E-state index in [1.807, 2.05) is 36.4 Å². The zero-order valence-corrected chi connectivity index (χ0v) is 16.0. The van der Waals surface area contributed by atoms with E-state index < -0.39 is 15.1 Å². The largest absolute Gasteiger partial charge is 0.351 e. The van der Waals surface area contributed by atoms with Gasteiger partial charge in [0, 0.05) is 12.6 Å². The maximum atomic E-state index is 13.2. The minimum atomic E-state index is -3.66. The van der Waals surface area contributed by atoms with E-state index in [-0.39, 0.29) is 17.3 Å². The predicted octanol–water partition coefficient (Wildman–Crippen LogP) is 4.03. The molecule has 5 heteroatoms. The summed E-state index contributed by atoms with van der Waals surface area (Å²) >= 11 is 0. The summed E-state index contributed by atoms with van der Waals surface area (Å²) in [6, 6.07) is 26.7. The Hall–Kier alpha value is -3.18. The summed E-state index contributed by atoms with van der Waals surface area (Å²) in [5.74, 6) is -0.340. The monoisotopic (exact) mass is 391 g/mol. The zero-order valence-electron chi connectivity index (χ0n) is 15.2. The van der Waals surface area contributed by atoms with Gasteiger partial charge in [0.25, 0.3) is 0 Å². The standard InChI is InChI=1S/C23H21NO3S/c25-23(17-16-19-10-4-1-5-11-19)24-18-22(20-12-6-2-7-13-20)28(26,27)21-14-8-3-9-15-21/h1-17,22H,18H2,(H,24,25)/b17-16+/t22-/m0/s1. The second-order valence-electron chi connectivity index (χ2n) is 6.25. The number of amides is 1. The lowest BCUT2D eigenvalue weighted by Gasteiger charge is -2.18. The lowest BCUT2D eigenvalue weighted by atomic mass is 10.1. The topological polar surface area (TPSA) is 63.2 Å². The van der Waals surface area contributed by atoms with Crippen molar-refractivity contribution in [1.29, 1.82) is 0 Å². The van der Waals surface area contributed by atoms with Gasteiger partial charge in [0.15, 0.2) is 9.84 Å². The summed E-state index contributed by atoms with van der Waals surface area (Å²) in [5.41, 5.74) is 1.54. The quantitative estimate of drug-likeness (QED) is 0.619. The van der Waals surface area contributed by atoms with Gasteiger partial charge in [-0.3, -0.25) is 4.79 Å². The van der Waals surface area contributed by atoms with Crippen LogP contribution in [0.1, 0.15) is 16.4 Å². The first-order chi connectivity index (χ1) is 13.6. The van der Waals surface area contributed by atoms with Gasteiger partial charge in [0.2, 0.25) is 5.91 Å². The molecule has 0 spiro atoms. The first-order valence-electron chi connectivity index (χ1n) is 8.92. The van der Waals surface area contributed by atoms with E-state index in [0.717, 1.165) is 5.56 Å². The number of benzene rings is 3. The lowest BCUT2D eigenvalue weighted by Crippen LogP contribution is -2.30. The zero-order chi connectivity index (χ0) is 19.8. The van der Waals surface area contributed by atoms with Crippen LogP contribution < -0.4 is 5.32 Å². The number of carbonyl (C=O) groups is 1. The molecule has 3 aromatic carbocycles. The van der Waals surface area contributed by atoms with Crippen molar-refractivity contribution in [1.82, 2.24) is 5.32 Å². The fraction of sp³-hybridized carbons (Fsp3) is 0.0870. The van der Waals surface area contributed by atoms with Crippen LogP contribution in [0.15, 0.2) is 102 Å². The summed E-state index contributed by atoms with van der Waals surface area (Å²) in [6.45, 7) is -0.0147. The van der Waals surface area contributed by atoms with Gasteiger partial charge in [-0.05, 0) is 29.3 Å². The van der Waals surface area contributed by atoms with E-state index in [1.54, 1.807) is 60.7 Å². The SMILES string of the molecule is O=C(/C=C/c1ccccc1)NC[C@@H](c1ccccc1)S(=O)(=O)c1ccccc1. The number of hydrogen-bond acceptors (Lipinski definition) is 3. The fourth-order valence-electron chi connectivity index (χ4n) is 2.84. The van der Waals surface area contributed by atoms with Gasteiger partial charge in [0.1, 0.15) is 5.25 Å². The van der Waals surface area contributed by atoms with Gasteiger partial charge < -0.3 is 5.32 Å². The van der Waals surface area contributed by atoms with E-state index in [2.05, 4.69) is 5.32 Å². The van der Waals surface area contributed by atoms with Crippen LogP contribution in [0.4, 0.5) is 0 Å². The van der Waals surface area contributed by atoms with Crippen LogP contribution in [0.2, 0.25) is 0 Å². The number of sulfone groups is 1. The molecule has 1 N–H and O–H groups in total. The second kappa shape index (κ2) is 9.15. The van der Waals surface area contributed by atoms with E-state index in [4.69, 9.17) is 0 Å². The molecule has 1 amide bonds. The average Bonchev–Trinajstić information content (AvgIpc) is 2.74. The van der Waals surface area contributed by atoms with Crippen molar-refractivity contribution in [2.45, 2.75) is 10.1 Å². The van der Waals surface area contributed by atoms with E-state index in [0.29, 0.717) is 5.56 Å². The Morgan fingerprint density at radius 2 is 1.36 bits per heavy atom. The van der Waals surface area contributed by atoms with Crippen LogP contribution in [0.3, 0.4) is 0 Å². The Morgan fingerprint density at radius 3 is 1.96 bits per heavy atom. The highest BCUT2D eigenvalue weighted by molar-refractivity contribution is 7.91. The van der Waals surface area contributed by atoms with Crippen molar-refractivity contribution >= 4 is 21.8 Å². The molecule has 0 aromatic heterocycles. The van der Waals surface area contributed by atoms with Gasteiger partial charge in [-0.2, -0.15) is 0 Å². The van der Waals surface area contributed by atoms with E-state index in [1.165, 1.54) is 6.08 Å². The summed E-state index contributed by atoms with van der Waals surface area (Å²) in [5, 5.41) is 1.85. The molecule has 3 rings (SSSR count). The van der Waals surface area contributed by atoms with Crippen LogP contribution in [-0.2, 0) is 14.6 Å². The third-order valence-corrected chi connectivity index (χ3v) is 6.42. The summed E-state index contributed by atoms with van der Waals surface area (Å²) in [4.78, 5) is 12.5. The molecule has 0 saturated heterocycles. The molecule has 0 aliphatic heterocycles. The van der Waals surface area contributed by atoms with Crippen molar-refractivity contribution in [3.05, 3.63) is 108 Å². The van der Waals surface area contributed by atoms with Crippen molar-refractivity contribution in [2.24, 2.45) is 0 Å². The Kier molecular flexibility index (Phi) is 6.40. The highest BCUT2D eigenvalue weighted by Crippen LogP contribution is 2.28. The minimum absolute atomic E-state index is 0.0147. The maximum absolute atomic E-state index is 13.2. The first-order valence-corrected chi connectivity index (χ1v) is 10.5. The van der Waals surface area contributed by atoms with Crippen LogP contribution in [0.5, 0.6) is 0 Å². The highest BCUT2D eigenvalue weighted by Gasteiger charge is 2.29. The molecule has 0 saturated carbocycles. The maximum Gasteiger partial charge on any atom is 0.244 e. The van der Waals surface area contributed by atoms with E-state index >= 15 is 0 Å². The third-order valence-electron chi connectivity index (χ3n) is 4.31. The number of hydrogen-bond donors (Lipinski definition) is 1. The number of carbonyl (C=O) groups excluding carboxylic acids is 1. The van der Waals surface area contributed by atoms with Gasteiger partial charge >= 0.3 is 0 Å². The molecule has 1 atom stereocenters. The van der Waals surface area contributed by atoms with Gasteiger partial charge in [-0.1, -0.05) is 78.9 Å². The van der Waals surface area contributed by atoms with Crippen molar-refractivity contribution in [2.75, 3.05) is 6.54 Å². The molecule has 3 aromatic rings. The molecule has 28 heavy (non-hydrogen) atoms. The molecule has 0 aliphatic rings. The Bertz CT molecular complexity index is 1030.